The van der Waals surface area contributed by atoms with Gasteiger partial charge in [-0.05, 0) is 26.2 Å². The third kappa shape index (κ3) is 9.80. The molecule has 1 aliphatic heterocycles. The number of aliphatic imine (C=N–C) groups is 1. The molecule has 0 fully saturated rings. The van der Waals surface area contributed by atoms with E-state index in [-0.39, 0.29) is 0 Å². The molecule has 0 radical (unpaired) electrons. The van der Waals surface area contributed by atoms with Gasteiger partial charge in [-0.2, -0.15) is 0 Å². The number of rotatable bonds is 14. The zero-order chi connectivity index (χ0) is 16.8. The lowest BCUT2D eigenvalue weighted by Gasteiger charge is -2.23. The lowest BCUT2D eigenvalue weighted by Crippen LogP contribution is -2.35. The Morgan fingerprint density at radius 3 is 2.26 bits per heavy atom. The molecular weight excluding hydrogens is 284 g/mol. The molecule has 134 valence electrons. The number of unbranched alkanes of at least 4 members (excludes halogenated alkanes) is 9. The van der Waals surface area contributed by atoms with E-state index < -0.39 is 6.23 Å². The van der Waals surface area contributed by atoms with Gasteiger partial charge in [0.25, 0.3) is 0 Å². The maximum atomic E-state index is 9.65. The highest BCUT2D eigenvalue weighted by Gasteiger charge is 2.19. The zero-order valence-electron chi connectivity index (χ0n) is 15.5. The minimum Gasteiger partial charge on any atom is -0.374 e. The number of allylic oxidation sites excluding steroid dienone is 2. The van der Waals surface area contributed by atoms with E-state index in [9.17, 15) is 5.11 Å². The standard InChI is InChI=1S/C20H38N2O/c1-3-4-5-6-7-8-9-10-11-12-13-14-15-16-20-21-17-18-22(20)19(2)23/h13-14,19,23H,3-12,15-18H2,1-2H3/b14-13+. The molecule has 1 rings (SSSR count). The van der Waals surface area contributed by atoms with Crippen molar-refractivity contribution in [1.82, 2.24) is 4.90 Å². The van der Waals surface area contributed by atoms with Crippen LogP contribution in [-0.4, -0.2) is 35.2 Å². The first-order valence-corrected chi connectivity index (χ1v) is 9.88. The summed E-state index contributed by atoms with van der Waals surface area (Å²) in [6.45, 7) is 5.80. The van der Waals surface area contributed by atoms with Crippen LogP contribution in [0.1, 0.15) is 90.9 Å². The normalized spacial score (nSPS) is 16.3. The van der Waals surface area contributed by atoms with Crippen molar-refractivity contribution in [2.45, 2.75) is 97.1 Å². The van der Waals surface area contributed by atoms with Crippen LogP contribution in [0.2, 0.25) is 0 Å². The van der Waals surface area contributed by atoms with Crippen molar-refractivity contribution in [2.24, 2.45) is 4.99 Å². The molecular formula is C20H38N2O. The number of amidine groups is 1. The molecule has 23 heavy (non-hydrogen) atoms. The van der Waals surface area contributed by atoms with Gasteiger partial charge in [-0.3, -0.25) is 4.99 Å². The second-order valence-electron chi connectivity index (χ2n) is 6.75. The highest BCUT2D eigenvalue weighted by atomic mass is 16.3. The number of hydrogen-bond donors (Lipinski definition) is 1. The molecule has 0 amide bonds. The smallest absolute Gasteiger partial charge is 0.125 e. The number of nitrogens with zero attached hydrogens (tertiary/aromatic N) is 2. The summed E-state index contributed by atoms with van der Waals surface area (Å²) < 4.78 is 0. The molecule has 1 aliphatic rings. The predicted octanol–water partition coefficient (Wildman–Crippen LogP) is 5.30. The largest absolute Gasteiger partial charge is 0.374 e. The van der Waals surface area contributed by atoms with E-state index in [0.29, 0.717) is 0 Å². The Kier molecular flexibility index (Phi) is 11.9. The van der Waals surface area contributed by atoms with Crippen LogP contribution >= 0.6 is 0 Å². The summed E-state index contributed by atoms with van der Waals surface area (Å²) in [5.74, 6) is 1.08. The van der Waals surface area contributed by atoms with Gasteiger partial charge in [0.15, 0.2) is 0 Å². The SMILES string of the molecule is CCCCCCCCCCC/C=C/CCC1=NCCN1C(C)O. The summed E-state index contributed by atoms with van der Waals surface area (Å²) >= 11 is 0. The van der Waals surface area contributed by atoms with Gasteiger partial charge in [-0.15, -0.1) is 0 Å². The van der Waals surface area contributed by atoms with Gasteiger partial charge in [-0.25, -0.2) is 0 Å². The molecule has 1 N–H and O–H groups in total. The Morgan fingerprint density at radius 2 is 1.61 bits per heavy atom. The van der Waals surface area contributed by atoms with E-state index in [0.717, 1.165) is 31.8 Å². The molecule has 0 aliphatic carbocycles. The van der Waals surface area contributed by atoms with Crippen LogP contribution in [0, 0.1) is 0 Å². The molecule has 1 unspecified atom stereocenters. The van der Waals surface area contributed by atoms with Crippen molar-refractivity contribution in [3.05, 3.63) is 12.2 Å². The van der Waals surface area contributed by atoms with Crippen LogP contribution in [0.3, 0.4) is 0 Å². The van der Waals surface area contributed by atoms with Gasteiger partial charge >= 0.3 is 0 Å². The lowest BCUT2D eigenvalue weighted by atomic mass is 10.1. The summed E-state index contributed by atoms with van der Waals surface area (Å²) in [4.78, 5) is 6.49. The van der Waals surface area contributed by atoms with Crippen LogP contribution in [0.15, 0.2) is 17.1 Å². The van der Waals surface area contributed by atoms with E-state index in [4.69, 9.17) is 0 Å². The molecule has 3 nitrogen and oxygen atoms in total. The topological polar surface area (TPSA) is 35.8 Å². The fraction of sp³-hybridized carbons (Fsp3) is 0.850. The van der Waals surface area contributed by atoms with E-state index in [2.05, 4.69) is 24.1 Å². The number of aliphatic hydroxyl groups is 1. The first kappa shape index (κ1) is 20.2. The summed E-state index contributed by atoms with van der Waals surface area (Å²) in [6, 6.07) is 0. The molecule has 0 aromatic carbocycles. The Bertz CT molecular complexity index is 337. The van der Waals surface area contributed by atoms with Gasteiger partial charge < -0.3 is 10.0 Å². The average Bonchev–Trinajstić information content (AvgIpc) is 3.00. The monoisotopic (exact) mass is 322 g/mol. The van der Waals surface area contributed by atoms with E-state index in [1.807, 2.05) is 11.8 Å². The summed E-state index contributed by atoms with van der Waals surface area (Å²) in [5.41, 5.74) is 0. The summed E-state index contributed by atoms with van der Waals surface area (Å²) in [5, 5.41) is 9.65. The Morgan fingerprint density at radius 1 is 1.00 bits per heavy atom. The molecule has 1 atom stereocenters. The molecule has 0 aromatic heterocycles. The van der Waals surface area contributed by atoms with Gasteiger partial charge in [0.2, 0.25) is 0 Å². The maximum Gasteiger partial charge on any atom is 0.125 e. The van der Waals surface area contributed by atoms with Crippen molar-refractivity contribution in [3.8, 4) is 0 Å². The summed E-state index contributed by atoms with van der Waals surface area (Å²) in [6.07, 6.45) is 20.0. The number of aliphatic hydroxyl groups excluding tert-OH is 1. The quantitative estimate of drug-likeness (QED) is 0.348. The number of hydrogen-bond acceptors (Lipinski definition) is 3. The molecule has 0 aromatic rings. The highest BCUT2D eigenvalue weighted by Crippen LogP contribution is 2.12. The fourth-order valence-corrected chi connectivity index (χ4v) is 3.15. The molecule has 3 heteroatoms. The van der Waals surface area contributed by atoms with E-state index in [1.54, 1.807) is 0 Å². The second kappa shape index (κ2) is 13.6. The lowest BCUT2D eigenvalue weighted by molar-refractivity contribution is 0.0767. The molecule has 0 saturated carbocycles. The minimum absolute atomic E-state index is 0.401. The molecule has 0 saturated heterocycles. The second-order valence-corrected chi connectivity index (χ2v) is 6.75. The first-order valence-electron chi connectivity index (χ1n) is 9.88. The van der Waals surface area contributed by atoms with Crippen molar-refractivity contribution < 1.29 is 5.11 Å². The Labute approximate surface area is 143 Å². The van der Waals surface area contributed by atoms with Gasteiger partial charge in [0.1, 0.15) is 12.1 Å². The van der Waals surface area contributed by atoms with Crippen LogP contribution in [-0.2, 0) is 0 Å². The third-order valence-corrected chi connectivity index (χ3v) is 4.59. The van der Waals surface area contributed by atoms with E-state index in [1.165, 1.54) is 64.2 Å². The van der Waals surface area contributed by atoms with E-state index >= 15 is 0 Å². The summed E-state index contributed by atoms with van der Waals surface area (Å²) in [7, 11) is 0. The van der Waals surface area contributed by atoms with Gasteiger partial charge in [-0.1, -0.05) is 70.4 Å². The van der Waals surface area contributed by atoms with Crippen LogP contribution < -0.4 is 0 Å². The van der Waals surface area contributed by atoms with Crippen molar-refractivity contribution in [3.63, 3.8) is 0 Å². The predicted molar refractivity (Wildman–Crippen MR) is 101 cm³/mol. The molecule has 0 bridgehead atoms. The fourth-order valence-electron chi connectivity index (χ4n) is 3.15. The van der Waals surface area contributed by atoms with Crippen LogP contribution in [0.5, 0.6) is 0 Å². The first-order chi connectivity index (χ1) is 11.3. The molecule has 0 spiro atoms. The van der Waals surface area contributed by atoms with Gasteiger partial charge in [0, 0.05) is 13.0 Å². The van der Waals surface area contributed by atoms with Gasteiger partial charge in [0.05, 0.1) is 6.54 Å². The Balaban J connectivity index is 1.89. The molecule has 1 heterocycles. The van der Waals surface area contributed by atoms with Crippen LogP contribution in [0.25, 0.3) is 0 Å². The minimum atomic E-state index is -0.401. The van der Waals surface area contributed by atoms with Crippen molar-refractivity contribution in [1.29, 1.82) is 0 Å². The van der Waals surface area contributed by atoms with Crippen molar-refractivity contribution >= 4 is 5.84 Å². The average molecular weight is 323 g/mol. The third-order valence-electron chi connectivity index (χ3n) is 4.59. The Hall–Kier alpha value is -0.830. The maximum absolute atomic E-state index is 9.65. The zero-order valence-corrected chi connectivity index (χ0v) is 15.5. The highest BCUT2D eigenvalue weighted by molar-refractivity contribution is 5.84. The van der Waals surface area contributed by atoms with Crippen LogP contribution in [0.4, 0.5) is 0 Å². The van der Waals surface area contributed by atoms with Crippen molar-refractivity contribution in [2.75, 3.05) is 13.1 Å².